The van der Waals surface area contributed by atoms with Crippen LogP contribution in [0.3, 0.4) is 0 Å². The molecule has 0 spiro atoms. The van der Waals surface area contributed by atoms with Crippen LogP contribution in [0.25, 0.3) is 0 Å². The molecular weight excluding hydrogens is 354 g/mol. The maximum absolute atomic E-state index is 12.6. The number of ether oxygens (including phenoxy) is 2. The molecule has 1 fully saturated rings. The van der Waals surface area contributed by atoms with Crippen molar-refractivity contribution in [1.82, 2.24) is 15.3 Å². The summed E-state index contributed by atoms with van der Waals surface area (Å²) in [6.07, 6.45) is 10.6. The molecule has 2 aromatic rings. The minimum Gasteiger partial charge on any atom is -0.495 e. The standard InChI is InChI=1S/C22H29N3O3/c1-4-20(25-22(26)17-9-10-21(28-3)24-13-17)16-7-5-15(6-8-16)18-11-19(27-2)14-23-12-18/h9-16,20H,4-8H2,1-3H3,(H,25,26)/t15-,16+,20-/m0/s1. The Balaban J connectivity index is 1.57. The SMILES string of the molecule is CC[C@H](NC(=O)c1ccc(OC)nc1)[C@H]1CC[C@@H](c2cncc(OC)c2)CC1. The summed E-state index contributed by atoms with van der Waals surface area (Å²) in [7, 11) is 3.23. The second-order valence-corrected chi connectivity index (χ2v) is 7.35. The number of amides is 1. The van der Waals surface area contributed by atoms with E-state index in [1.54, 1.807) is 38.7 Å². The molecule has 2 aromatic heterocycles. The van der Waals surface area contributed by atoms with Gasteiger partial charge in [-0.1, -0.05) is 6.92 Å². The molecule has 1 saturated carbocycles. The van der Waals surface area contributed by atoms with Crippen LogP contribution in [-0.2, 0) is 0 Å². The Morgan fingerprint density at radius 3 is 2.54 bits per heavy atom. The number of methoxy groups -OCH3 is 2. The Morgan fingerprint density at radius 2 is 1.93 bits per heavy atom. The Labute approximate surface area is 166 Å². The van der Waals surface area contributed by atoms with Crippen molar-refractivity contribution in [2.24, 2.45) is 5.92 Å². The zero-order valence-corrected chi connectivity index (χ0v) is 16.9. The van der Waals surface area contributed by atoms with Crippen molar-refractivity contribution in [2.75, 3.05) is 14.2 Å². The van der Waals surface area contributed by atoms with Gasteiger partial charge in [-0.15, -0.1) is 0 Å². The highest BCUT2D eigenvalue weighted by molar-refractivity contribution is 5.94. The van der Waals surface area contributed by atoms with Crippen LogP contribution in [0.1, 0.15) is 60.9 Å². The molecule has 3 rings (SSSR count). The molecule has 1 atom stereocenters. The van der Waals surface area contributed by atoms with E-state index in [1.807, 2.05) is 6.20 Å². The van der Waals surface area contributed by atoms with Gasteiger partial charge in [0.05, 0.1) is 26.0 Å². The van der Waals surface area contributed by atoms with E-state index in [9.17, 15) is 4.79 Å². The first-order valence-corrected chi connectivity index (χ1v) is 9.94. The molecule has 6 heteroatoms. The maximum Gasteiger partial charge on any atom is 0.253 e. The van der Waals surface area contributed by atoms with E-state index in [4.69, 9.17) is 9.47 Å². The van der Waals surface area contributed by atoms with E-state index >= 15 is 0 Å². The molecule has 0 unspecified atom stereocenters. The summed E-state index contributed by atoms with van der Waals surface area (Å²) in [5.74, 6) is 2.26. The molecule has 6 nitrogen and oxygen atoms in total. The molecule has 150 valence electrons. The van der Waals surface area contributed by atoms with E-state index in [2.05, 4.69) is 28.3 Å². The number of aromatic nitrogens is 2. The fourth-order valence-corrected chi connectivity index (χ4v) is 4.07. The largest absolute Gasteiger partial charge is 0.495 e. The molecule has 1 amide bonds. The van der Waals surface area contributed by atoms with Gasteiger partial charge in [-0.2, -0.15) is 0 Å². The molecule has 0 bridgehead atoms. The first kappa shape index (κ1) is 20.1. The van der Waals surface area contributed by atoms with Gasteiger partial charge in [0, 0.05) is 24.5 Å². The number of pyridine rings is 2. The number of rotatable bonds is 7. The lowest BCUT2D eigenvalue weighted by atomic mass is 9.75. The third-order valence-electron chi connectivity index (χ3n) is 5.75. The summed E-state index contributed by atoms with van der Waals surface area (Å²) < 4.78 is 10.4. The van der Waals surface area contributed by atoms with Gasteiger partial charge < -0.3 is 14.8 Å². The van der Waals surface area contributed by atoms with Crippen LogP contribution in [0.2, 0.25) is 0 Å². The molecule has 28 heavy (non-hydrogen) atoms. The van der Waals surface area contributed by atoms with E-state index in [0.29, 0.717) is 23.3 Å². The second kappa shape index (κ2) is 9.53. The van der Waals surface area contributed by atoms with E-state index in [-0.39, 0.29) is 11.9 Å². The molecule has 2 heterocycles. The van der Waals surface area contributed by atoms with Crippen LogP contribution < -0.4 is 14.8 Å². The van der Waals surface area contributed by atoms with Crippen molar-refractivity contribution in [3.05, 3.63) is 47.9 Å². The fourth-order valence-electron chi connectivity index (χ4n) is 4.07. The molecule has 0 saturated heterocycles. The number of nitrogens with zero attached hydrogens (tertiary/aromatic N) is 2. The van der Waals surface area contributed by atoms with Gasteiger partial charge in [-0.3, -0.25) is 9.78 Å². The summed E-state index contributed by atoms with van der Waals surface area (Å²) in [5.41, 5.74) is 1.81. The van der Waals surface area contributed by atoms with Crippen molar-refractivity contribution in [3.8, 4) is 11.6 Å². The summed E-state index contributed by atoms with van der Waals surface area (Å²) in [4.78, 5) is 21.0. The number of carbonyl (C=O) groups is 1. The highest BCUT2D eigenvalue weighted by Crippen LogP contribution is 2.38. The smallest absolute Gasteiger partial charge is 0.253 e. The Morgan fingerprint density at radius 1 is 1.14 bits per heavy atom. The highest BCUT2D eigenvalue weighted by atomic mass is 16.5. The molecule has 0 aromatic carbocycles. The fraction of sp³-hybridized carbons (Fsp3) is 0.500. The molecule has 1 aliphatic carbocycles. The van der Waals surface area contributed by atoms with E-state index in [0.717, 1.165) is 37.9 Å². The van der Waals surface area contributed by atoms with Crippen LogP contribution in [0.15, 0.2) is 36.8 Å². The predicted octanol–water partition coefficient (Wildman–Crippen LogP) is 3.98. The van der Waals surface area contributed by atoms with Crippen molar-refractivity contribution in [1.29, 1.82) is 0 Å². The van der Waals surface area contributed by atoms with Gasteiger partial charge in [0.15, 0.2) is 0 Å². The van der Waals surface area contributed by atoms with Gasteiger partial charge >= 0.3 is 0 Å². The summed E-state index contributed by atoms with van der Waals surface area (Å²) in [6, 6.07) is 5.73. The monoisotopic (exact) mass is 383 g/mol. The molecule has 1 N–H and O–H groups in total. The van der Waals surface area contributed by atoms with Gasteiger partial charge in [0.1, 0.15) is 5.75 Å². The molecular formula is C22H29N3O3. The van der Waals surface area contributed by atoms with Crippen LogP contribution in [0.4, 0.5) is 0 Å². The highest BCUT2D eigenvalue weighted by Gasteiger charge is 2.29. The van der Waals surface area contributed by atoms with Gasteiger partial charge in [-0.25, -0.2) is 4.98 Å². The lowest BCUT2D eigenvalue weighted by molar-refractivity contribution is 0.0909. The second-order valence-electron chi connectivity index (χ2n) is 7.35. The number of hydrogen-bond donors (Lipinski definition) is 1. The topological polar surface area (TPSA) is 73.3 Å². The molecule has 0 radical (unpaired) electrons. The summed E-state index contributed by atoms with van der Waals surface area (Å²) in [6.45, 7) is 2.13. The van der Waals surface area contributed by atoms with Crippen molar-refractivity contribution in [3.63, 3.8) is 0 Å². The lowest BCUT2D eigenvalue weighted by Crippen LogP contribution is -2.41. The first-order chi connectivity index (χ1) is 13.6. The van der Waals surface area contributed by atoms with E-state index in [1.165, 1.54) is 5.56 Å². The van der Waals surface area contributed by atoms with E-state index < -0.39 is 0 Å². The van der Waals surface area contributed by atoms with Crippen molar-refractivity contribution < 1.29 is 14.3 Å². The Bertz CT molecular complexity index is 771. The zero-order valence-electron chi connectivity index (χ0n) is 16.9. The maximum atomic E-state index is 12.6. The first-order valence-electron chi connectivity index (χ1n) is 9.94. The molecule has 1 aliphatic rings. The van der Waals surface area contributed by atoms with Crippen LogP contribution in [-0.4, -0.2) is 36.1 Å². The van der Waals surface area contributed by atoms with Gasteiger partial charge in [0.25, 0.3) is 5.91 Å². The number of nitrogens with one attached hydrogen (secondary N) is 1. The Kier molecular flexibility index (Phi) is 6.85. The third-order valence-corrected chi connectivity index (χ3v) is 5.75. The normalized spacial score (nSPS) is 20.2. The minimum atomic E-state index is -0.0684. The average molecular weight is 383 g/mol. The van der Waals surface area contributed by atoms with Gasteiger partial charge in [-0.05, 0) is 61.6 Å². The zero-order chi connectivity index (χ0) is 19.9. The third kappa shape index (κ3) is 4.80. The Hall–Kier alpha value is -2.63. The number of hydrogen-bond acceptors (Lipinski definition) is 5. The quantitative estimate of drug-likeness (QED) is 0.783. The van der Waals surface area contributed by atoms with Crippen molar-refractivity contribution >= 4 is 5.91 Å². The number of carbonyl (C=O) groups excluding carboxylic acids is 1. The van der Waals surface area contributed by atoms with Gasteiger partial charge in [0.2, 0.25) is 5.88 Å². The van der Waals surface area contributed by atoms with Crippen LogP contribution >= 0.6 is 0 Å². The summed E-state index contributed by atoms with van der Waals surface area (Å²) in [5, 5.41) is 3.21. The van der Waals surface area contributed by atoms with Crippen molar-refractivity contribution in [2.45, 2.75) is 51.0 Å². The summed E-state index contributed by atoms with van der Waals surface area (Å²) >= 11 is 0. The predicted molar refractivity (Wildman–Crippen MR) is 108 cm³/mol. The average Bonchev–Trinajstić information content (AvgIpc) is 2.77. The van der Waals surface area contributed by atoms with Crippen LogP contribution in [0, 0.1) is 5.92 Å². The minimum absolute atomic E-state index is 0.0684. The molecule has 0 aliphatic heterocycles. The van der Waals surface area contributed by atoms with Crippen LogP contribution in [0.5, 0.6) is 11.6 Å². The lowest BCUT2D eigenvalue weighted by Gasteiger charge is -2.34.